The highest BCUT2D eigenvalue weighted by Gasteiger charge is 2.18. The molecule has 0 radical (unpaired) electrons. The lowest BCUT2D eigenvalue weighted by Crippen LogP contribution is -2.12. The Labute approximate surface area is 461 Å². The topological polar surface area (TPSA) is 197 Å². The quantitative estimate of drug-likeness (QED) is 0.00964. The van der Waals surface area contributed by atoms with E-state index < -0.39 is 30.2 Å². The number of aryl methyl sites for hydroxylation is 2. The number of ether oxygens (including phenoxy) is 9. The fourth-order valence-corrected chi connectivity index (χ4v) is 7.88. The lowest BCUT2D eigenvalue weighted by atomic mass is 10.0. The van der Waals surface area contributed by atoms with Gasteiger partial charge in [0.05, 0.1) is 62.1 Å². The monoisotopic (exact) mass is 1080 g/mol. The van der Waals surface area contributed by atoms with Crippen LogP contribution in [0.1, 0.15) is 75.3 Å². The standard InChI is InChI=1S/C63H70N2O14/c1-4-57(66)75-37-13-9-7-11-35-72-50-27-21-46(22-28-50)25-33-60(69)78-53-19-15-17-48(43-53)62-63(65-56-45-52(31-32-55(56)64-62)74-41-39-71-40-42-77-59(68)6-3)49-18-16-20-54(44-49)79-61(70)34-26-47-23-29-51(30-24-47)73-36-12-8-10-14-38-76-58(67)5-2/h4-6,15-24,27-32,43-45,58,67H,1-3,7-14,25-26,33-42H2. The fraction of sp³-hybridized carbons (Fsp3) is 0.333. The van der Waals surface area contributed by atoms with Gasteiger partial charge in [-0.2, -0.15) is 0 Å². The number of hydrogen-bond donors (Lipinski definition) is 1. The number of carbonyl (C=O) groups is 4. The molecular formula is C63H70N2O14. The molecule has 16 nitrogen and oxygen atoms in total. The summed E-state index contributed by atoms with van der Waals surface area (Å²) in [6, 6.07) is 34.9. The van der Waals surface area contributed by atoms with E-state index in [-0.39, 0.29) is 39.3 Å². The number of benzene rings is 5. The van der Waals surface area contributed by atoms with Crippen molar-refractivity contribution in [1.29, 1.82) is 0 Å². The molecule has 0 bridgehead atoms. The molecule has 1 atom stereocenters. The number of aliphatic hydroxyl groups is 1. The second kappa shape index (κ2) is 33.9. The summed E-state index contributed by atoms with van der Waals surface area (Å²) in [5.74, 6) is 0.967. The molecule has 416 valence electrons. The number of carbonyl (C=O) groups excluding carboxylic acids is 4. The second-order valence-electron chi connectivity index (χ2n) is 18.1. The van der Waals surface area contributed by atoms with Gasteiger partial charge in [-0.3, -0.25) is 9.59 Å². The molecule has 0 aliphatic heterocycles. The molecule has 1 N–H and O–H groups in total. The first kappa shape index (κ1) is 60.1. The van der Waals surface area contributed by atoms with Gasteiger partial charge in [-0.25, -0.2) is 19.6 Å². The van der Waals surface area contributed by atoms with E-state index in [2.05, 4.69) is 19.7 Å². The number of fused-ring (bicyclic) bond motifs is 1. The van der Waals surface area contributed by atoms with Crippen molar-refractivity contribution < 1.29 is 66.9 Å². The molecule has 1 heterocycles. The van der Waals surface area contributed by atoms with E-state index in [0.717, 1.165) is 86.1 Å². The van der Waals surface area contributed by atoms with E-state index in [1.807, 2.05) is 60.7 Å². The van der Waals surface area contributed by atoms with Gasteiger partial charge in [0.2, 0.25) is 0 Å². The minimum absolute atomic E-state index is 0.0970. The minimum Gasteiger partial charge on any atom is -0.494 e. The zero-order valence-electron chi connectivity index (χ0n) is 44.7. The Morgan fingerprint density at radius 2 is 0.937 bits per heavy atom. The Morgan fingerprint density at radius 3 is 1.47 bits per heavy atom. The maximum atomic E-state index is 13.3. The molecule has 1 aromatic heterocycles. The number of nitrogens with zero attached hydrogens (tertiary/aromatic N) is 2. The first-order chi connectivity index (χ1) is 38.6. The van der Waals surface area contributed by atoms with Crippen LogP contribution in [0, 0.1) is 0 Å². The lowest BCUT2D eigenvalue weighted by Gasteiger charge is -2.14. The molecular weight excluding hydrogens is 1010 g/mol. The molecule has 1 unspecified atom stereocenters. The minimum atomic E-state index is -0.922. The highest BCUT2D eigenvalue weighted by atomic mass is 16.6. The summed E-state index contributed by atoms with van der Waals surface area (Å²) >= 11 is 0. The van der Waals surface area contributed by atoms with Crippen molar-refractivity contribution in [3.8, 4) is 51.3 Å². The molecule has 0 saturated heterocycles. The lowest BCUT2D eigenvalue weighted by molar-refractivity contribution is -0.139. The van der Waals surface area contributed by atoms with Gasteiger partial charge in [0.15, 0.2) is 6.29 Å². The van der Waals surface area contributed by atoms with Crippen LogP contribution in [-0.4, -0.2) is 98.1 Å². The Morgan fingerprint density at radius 1 is 0.468 bits per heavy atom. The number of esters is 4. The summed E-state index contributed by atoms with van der Waals surface area (Å²) in [5, 5.41) is 9.39. The zero-order valence-corrected chi connectivity index (χ0v) is 44.7. The van der Waals surface area contributed by atoms with E-state index in [1.165, 1.54) is 6.08 Å². The predicted molar refractivity (Wildman–Crippen MR) is 300 cm³/mol. The average Bonchev–Trinajstić information content (AvgIpc) is 3.56. The van der Waals surface area contributed by atoms with Gasteiger partial charge in [0.25, 0.3) is 0 Å². The van der Waals surface area contributed by atoms with Crippen molar-refractivity contribution in [2.24, 2.45) is 0 Å². The van der Waals surface area contributed by atoms with Crippen molar-refractivity contribution in [1.82, 2.24) is 9.97 Å². The van der Waals surface area contributed by atoms with Crippen molar-refractivity contribution in [2.45, 2.75) is 83.3 Å². The summed E-state index contributed by atoms with van der Waals surface area (Å²) in [7, 11) is 0. The van der Waals surface area contributed by atoms with E-state index in [1.54, 1.807) is 54.6 Å². The van der Waals surface area contributed by atoms with Crippen molar-refractivity contribution >= 4 is 34.9 Å². The first-order valence-electron chi connectivity index (χ1n) is 26.7. The van der Waals surface area contributed by atoms with E-state index in [0.29, 0.717) is 90.1 Å². The Balaban J connectivity index is 1.06. The smallest absolute Gasteiger partial charge is 0.330 e. The Bertz CT molecular complexity index is 2910. The molecule has 0 fully saturated rings. The highest BCUT2D eigenvalue weighted by molar-refractivity contribution is 5.88. The number of hydrogen-bond acceptors (Lipinski definition) is 16. The molecule has 16 heteroatoms. The second-order valence-corrected chi connectivity index (χ2v) is 18.1. The molecule has 0 aliphatic rings. The summed E-state index contributed by atoms with van der Waals surface area (Å²) < 4.78 is 50.2. The molecule has 79 heavy (non-hydrogen) atoms. The van der Waals surface area contributed by atoms with Crippen LogP contribution in [0.5, 0.6) is 28.7 Å². The maximum absolute atomic E-state index is 13.3. The van der Waals surface area contributed by atoms with Gasteiger partial charge >= 0.3 is 23.9 Å². The van der Waals surface area contributed by atoms with Gasteiger partial charge < -0.3 is 47.7 Å². The van der Waals surface area contributed by atoms with E-state index >= 15 is 0 Å². The largest absolute Gasteiger partial charge is 0.494 e. The van der Waals surface area contributed by atoms with Gasteiger partial charge in [-0.05, 0) is 136 Å². The van der Waals surface area contributed by atoms with Crippen LogP contribution in [-0.2, 0) is 51.0 Å². The summed E-state index contributed by atoms with van der Waals surface area (Å²) in [6.45, 7) is 13.1. The van der Waals surface area contributed by atoms with Crippen LogP contribution in [0.2, 0.25) is 0 Å². The van der Waals surface area contributed by atoms with Crippen LogP contribution in [0.15, 0.2) is 153 Å². The van der Waals surface area contributed by atoms with Crippen molar-refractivity contribution in [3.05, 3.63) is 164 Å². The third kappa shape index (κ3) is 22.0. The highest BCUT2D eigenvalue weighted by Crippen LogP contribution is 2.35. The first-order valence-corrected chi connectivity index (χ1v) is 26.7. The van der Waals surface area contributed by atoms with Gasteiger partial charge in [0, 0.05) is 42.2 Å². The van der Waals surface area contributed by atoms with Gasteiger partial charge in [-0.15, -0.1) is 0 Å². The van der Waals surface area contributed by atoms with Crippen molar-refractivity contribution in [3.63, 3.8) is 0 Å². The normalized spacial score (nSPS) is 11.3. The van der Waals surface area contributed by atoms with Crippen LogP contribution >= 0.6 is 0 Å². The summed E-state index contributed by atoms with van der Waals surface area (Å²) in [6.07, 6.45) is 11.2. The average molecular weight is 1080 g/mol. The molecule has 0 saturated carbocycles. The zero-order chi connectivity index (χ0) is 55.9. The fourth-order valence-electron chi connectivity index (χ4n) is 7.88. The number of rotatable bonds is 37. The van der Waals surface area contributed by atoms with Crippen LogP contribution < -0.4 is 23.7 Å². The Hall–Kier alpha value is -8.18. The van der Waals surface area contributed by atoms with E-state index in [4.69, 9.17) is 52.6 Å². The molecule has 5 aromatic carbocycles. The maximum Gasteiger partial charge on any atom is 0.330 e. The number of aromatic nitrogens is 2. The van der Waals surface area contributed by atoms with Gasteiger partial charge in [0.1, 0.15) is 42.0 Å². The Kier molecular flexibility index (Phi) is 25.7. The summed E-state index contributed by atoms with van der Waals surface area (Å²) in [5.41, 5.74) is 5.28. The third-order valence-corrected chi connectivity index (χ3v) is 12.0. The molecule has 0 amide bonds. The van der Waals surface area contributed by atoms with E-state index in [9.17, 15) is 24.3 Å². The summed E-state index contributed by atoms with van der Waals surface area (Å²) in [4.78, 5) is 59.2. The number of unbranched alkanes of at least 4 members (excludes halogenated alkanes) is 6. The van der Waals surface area contributed by atoms with Crippen molar-refractivity contribution in [2.75, 3.05) is 52.9 Å². The molecule has 0 spiro atoms. The predicted octanol–water partition coefficient (Wildman–Crippen LogP) is 11.3. The third-order valence-electron chi connectivity index (χ3n) is 12.0. The molecule has 6 rings (SSSR count). The molecule has 0 aliphatic carbocycles. The number of aliphatic hydroxyl groups excluding tert-OH is 1. The molecule has 6 aromatic rings. The SMILES string of the molecule is C=CC(=O)OCCCCCCOc1ccc(CCC(=O)Oc2cccc(-c3nc4ccc(OCCOCCOC(=O)C=C)cc4nc3-c3cccc(OC(=O)CCc4ccc(OCCCCCCOC(O)C=C)cc4)c3)c2)cc1. The van der Waals surface area contributed by atoms with Crippen LogP contribution in [0.3, 0.4) is 0 Å². The van der Waals surface area contributed by atoms with Crippen LogP contribution in [0.25, 0.3) is 33.5 Å². The van der Waals surface area contributed by atoms with Crippen LogP contribution in [0.4, 0.5) is 0 Å². The van der Waals surface area contributed by atoms with Gasteiger partial charge in [-0.1, -0.05) is 74.7 Å².